The summed E-state index contributed by atoms with van der Waals surface area (Å²) in [5, 5.41) is 15.9. The number of carbonyl (C=O) groups excluding carboxylic acids is 2. The maximum absolute atomic E-state index is 13.2. The van der Waals surface area contributed by atoms with Gasteiger partial charge < -0.3 is 31.4 Å². The van der Waals surface area contributed by atoms with Gasteiger partial charge in [-0.15, -0.1) is 0 Å². The first kappa shape index (κ1) is 24.7. The number of benzene rings is 2. The molecule has 0 saturated heterocycles. The van der Waals surface area contributed by atoms with Gasteiger partial charge in [0.1, 0.15) is 12.1 Å². The molecule has 186 valence electrons. The molecular formula is C26H28N6O4. The molecule has 0 saturated carbocycles. The van der Waals surface area contributed by atoms with E-state index in [0.717, 1.165) is 22.0 Å². The van der Waals surface area contributed by atoms with Gasteiger partial charge in [0.2, 0.25) is 11.8 Å². The number of aromatic nitrogens is 3. The smallest absolute Gasteiger partial charge is 0.326 e. The van der Waals surface area contributed by atoms with Crippen molar-refractivity contribution in [1.29, 1.82) is 0 Å². The van der Waals surface area contributed by atoms with Crippen LogP contribution in [-0.2, 0) is 33.6 Å². The molecule has 0 spiro atoms. The molecule has 10 heteroatoms. The number of carbonyl (C=O) groups is 3. The maximum atomic E-state index is 13.2. The van der Waals surface area contributed by atoms with Gasteiger partial charge in [-0.25, -0.2) is 9.78 Å². The minimum absolute atomic E-state index is 0.0210. The number of para-hydroxylation sites is 1. The first-order valence-corrected chi connectivity index (χ1v) is 11.6. The van der Waals surface area contributed by atoms with Gasteiger partial charge in [-0.3, -0.25) is 9.59 Å². The van der Waals surface area contributed by atoms with E-state index in [9.17, 15) is 19.5 Å². The average molecular weight is 489 g/mol. The molecule has 3 atom stereocenters. The molecule has 4 aromatic rings. The van der Waals surface area contributed by atoms with Gasteiger partial charge in [-0.05, 0) is 23.6 Å². The fourth-order valence-electron chi connectivity index (χ4n) is 4.06. The second kappa shape index (κ2) is 11.3. The van der Waals surface area contributed by atoms with E-state index in [1.165, 1.54) is 12.5 Å². The van der Waals surface area contributed by atoms with Crippen molar-refractivity contribution >= 4 is 28.7 Å². The number of aromatic amines is 2. The first-order chi connectivity index (χ1) is 17.4. The van der Waals surface area contributed by atoms with Crippen molar-refractivity contribution < 1.29 is 19.5 Å². The third kappa shape index (κ3) is 6.16. The van der Waals surface area contributed by atoms with E-state index in [4.69, 9.17) is 5.73 Å². The van der Waals surface area contributed by atoms with Gasteiger partial charge in [0, 0.05) is 41.8 Å². The third-order valence-electron chi connectivity index (χ3n) is 5.96. The molecule has 10 nitrogen and oxygen atoms in total. The number of nitrogens with zero attached hydrogens (tertiary/aromatic N) is 1. The van der Waals surface area contributed by atoms with Crippen LogP contribution in [0.25, 0.3) is 10.9 Å². The zero-order valence-electron chi connectivity index (χ0n) is 19.5. The summed E-state index contributed by atoms with van der Waals surface area (Å²) in [5.74, 6) is -2.31. The minimum Gasteiger partial charge on any atom is -0.480 e. The van der Waals surface area contributed by atoms with Crippen LogP contribution in [0.15, 0.2) is 73.3 Å². The molecule has 7 N–H and O–H groups in total. The third-order valence-corrected chi connectivity index (χ3v) is 5.96. The number of fused-ring (bicyclic) bond motifs is 1. The van der Waals surface area contributed by atoms with Gasteiger partial charge >= 0.3 is 5.97 Å². The zero-order chi connectivity index (χ0) is 25.5. The Kier molecular flexibility index (Phi) is 7.76. The number of hydrogen-bond acceptors (Lipinski definition) is 5. The lowest BCUT2D eigenvalue weighted by Gasteiger charge is -2.23. The molecule has 0 aliphatic rings. The molecule has 36 heavy (non-hydrogen) atoms. The second-order valence-corrected chi connectivity index (χ2v) is 8.60. The Morgan fingerprint density at radius 1 is 0.889 bits per heavy atom. The van der Waals surface area contributed by atoms with Crippen LogP contribution in [-0.4, -0.2) is 56.0 Å². The summed E-state index contributed by atoms with van der Waals surface area (Å²) in [6.45, 7) is 0. The summed E-state index contributed by atoms with van der Waals surface area (Å²) in [6.07, 6.45) is 5.21. The van der Waals surface area contributed by atoms with Crippen molar-refractivity contribution in [1.82, 2.24) is 25.6 Å². The molecule has 2 aromatic heterocycles. The fraction of sp³-hybridized carbons (Fsp3) is 0.231. The van der Waals surface area contributed by atoms with Gasteiger partial charge in [-0.1, -0.05) is 48.5 Å². The van der Waals surface area contributed by atoms with Gasteiger partial charge in [0.25, 0.3) is 0 Å². The largest absolute Gasteiger partial charge is 0.480 e. The van der Waals surface area contributed by atoms with E-state index in [-0.39, 0.29) is 19.3 Å². The Bertz CT molecular complexity index is 1320. The van der Waals surface area contributed by atoms with E-state index < -0.39 is 35.9 Å². The van der Waals surface area contributed by atoms with Crippen LogP contribution < -0.4 is 16.4 Å². The molecule has 2 heterocycles. The van der Waals surface area contributed by atoms with Crippen LogP contribution in [0, 0.1) is 0 Å². The van der Waals surface area contributed by atoms with E-state index in [0.29, 0.717) is 5.69 Å². The van der Waals surface area contributed by atoms with Crippen molar-refractivity contribution in [2.24, 2.45) is 5.73 Å². The van der Waals surface area contributed by atoms with Crippen molar-refractivity contribution in [2.45, 2.75) is 37.4 Å². The van der Waals surface area contributed by atoms with Crippen molar-refractivity contribution in [2.75, 3.05) is 0 Å². The number of carboxylic acids is 1. The molecule has 0 aliphatic heterocycles. The number of nitrogens with one attached hydrogen (secondary N) is 4. The summed E-state index contributed by atoms with van der Waals surface area (Å²) in [5.41, 5.74) is 9.42. The van der Waals surface area contributed by atoms with Crippen molar-refractivity contribution in [3.8, 4) is 0 Å². The predicted molar refractivity (Wildman–Crippen MR) is 134 cm³/mol. The van der Waals surface area contributed by atoms with Crippen molar-refractivity contribution in [3.05, 3.63) is 90.1 Å². The predicted octanol–water partition coefficient (Wildman–Crippen LogP) is 1.30. The maximum Gasteiger partial charge on any atom is 0.326 e. The van der Waals surface area contributed by atoms with Crippen LogP contribution in [0.5, 0.6) is 0 Å². The molecule has 2 amide bonds. The van der Waals surface area contributed by atoms with Crippen molar-refractivity contribution in [3.63, 3.8) is 0 Å². The van der Waals surface area contributed by atoms with E-state index in [2.05, 4.69) is 25.6 Å². The lowest BCUT2D eigenvalue weighted by Crippen LogP contribution is -2.55. The number of rotatable bonds is 11. The number of carboxylic acid groups (broad SMARTS) is 1. The van der Waals surface area contributed by atoms with Gasteiger partial charge in [-0.2, -0.15) is 0 Å². The summed E-state index contributed by atoms with van der Waals surface area (Å²) >= 11 is 0. The van der Waals surface area contributed by atoms with Crippen LogP contribution in [0.4, 0.5) is 0 Å². The molecule has 2 aromatic carbocycles. The van der Waals surface area contributed by atoms with Gasteiger partial charge in [0.05, 0.1) is 12.4 Å². The van der Waals surface area contributed by atoms with E-state index in [1.54, 1.807) is 0 Å². The Morgan fingerprint density at radius 2 is 1.61 bits per heavy atom. The van der Waals surface area contributed by atoms with Crippen LogP contribution in [0.1, 0.15) is 16.8 Å². The minimum atomic E-state index is -1.20. The van der Waals surface area contributed by atoms with Crippen LogP contribution >= 0.6 is 0 Å². The zero-order valence-corrected chi connectivity index (χ0v) is 19.5. The second-order valence-electron chi connectivity index (χ2n) is 8.60. The summed E-state index contributed by atoms with van der Waals surface area (Å²) in [4.78, 5) is 47.9. The molecule has 0 fully saturated rings. The molecular weight excluding hydrogens is 460 g/mol. The normalized spacial score (nSPS) is 13.6. The Hall–Kier alpha value is -4.44. The number of nitrogens with two attached hydrogens (primary N) is 1. The number of imidazole rings is 1. The van der Waals surface area contributed by atoms with E-state index >= 15 is 0 Å². The van der Waals surface area contributed by atoms with Crippen LogP contribution in [0.3, 0.4) is 0 Å². The number of hydrogen-bond donors (Lipinski definition) is 6. The number of H-pyrrole nitrogens is 2. The highest BCUT2D eigenvalue weighted by atomic mass is 16.4. The quantitative estimate of drug-likeness (QED) is 0.186. The molecule has 4 rings (SSSR count). The number of amides is 2. The number of aliphatic carboxylic acids is 1. The summed E-state index contributed by atoms with van der Waals surface area (Å²) in [6, 6.07) is 13.7. The lowest BCUT2D eigenvalue weighted by atomic mass is 10.0. The highest BCUT2D eigenvalue weighted by Crippen LogP contribution is 2.19. The standard InChI is InChI=1S/C26H28N6O4/c27-20(11-17-13-29-21-9-5-4-8-19(17)21)24(33)31-22(10-16-6-2-1-3-7-16)25(34)32-23(26(35)36)12-18-14-28-15-30-18/h1-9,13-15,20,22-23,29H,10-12,27H2,(H,28,30)(H,31,33)(H,32,34)(H,35,36). The van der Waals surface area contributed by atoms with E-state index in [1.807, 2.05) is 60.8 Å². The molecule has 0 aliphatic carbocycles. The molecule has 0 radical (unpaired) electrons. The lowest BCUT2D eigenvalue weighted by molar-refractivity contribution is -0.142. The van der Waals surface area contributed by atoms with Crippen LogP contribution in [0.2, 0.25) is 0 Å². The molecule has 0 bridgehead atoms. The summed E-state index contributed by atoms with van der Waals surface area (Å²) < 4.78 is 0. The SMILES string of the molecule is NC(Cc1c[nH]c2ccccc12)C(=O)NC(Cc1ccccc1)C(=O)NC(Cc1cnc[nH]1)C(=O)O. The highest BCUT2D eigenvalue weighted by molar-refractivity contribution is 5.92. The average Bonchev–Trinajstić information content (AvgIpc) is 3.54. The first-order valence-electron chi connectivity index (χ1n) is 11.6. The Balaban J connectivity index is 1.47. The highest BCUT2D eigenvalue weighted by Gasteiger charge is 2.29. The Morgan fingerprint density at radius 3 is 2.33 bits per heavy atom. The Labute approximate surface area is 207 Å². The fourth-order valence-corrected chi connectivity index (χ4v) is 4.06. The van der Waals surface area contributed by atoms with Gasteiger partial charge in [0.15, 0.2) is 0 Å². The topological polar surface area (TPSA) is 166 Å². The summed E-state index contributed by atoms with van der Waals surface area (Å²) in [7, 11) is 0. The molecule has 3 unspecified atom stereocenters. The monoisotopic (exact) mass is 488 g/mol.